The van der Waals surface area contributed by atoms with Crippen LogP contribution in [0.3, 0.4) is 0 Å². The first kappa shape index (κ1) is 21.1. The van der Waals surface area contributed by atoms with Crippen LogP contribution >= 0.6 is 23.2 Å². The van der Waals surface area contributed by atoms with Crippen LogP contribution in [0.1, 0.15) is 49.3 Å². The van der Waals surface area contributed by atoms with Crippen molar-refractivity contribution < 1.29 is 13.2 Å². The first-order valence-corrected chi connectivity index (χ1v) is 11.6. The second-order valence-electron chi connectivity index (χ2n) is 7.17. The quantitative estimate of drug-likeness (QED) is 0.686. The smallest absolute Gasteiger partial charge is 0.272 e. The van der Waals surface area contributed by atoms with Crippen molar-refractivity contribution in [3.05, 3.63) is 57.8 Å². The van der Waals surface area contributed by atoms with E-state index < -0.39 is 9.84 Å². The van der Waals surface area contributed by atoms with Crippen LogP contribution in [0.25, 0.3) is 0 Å². The highest BCUT2D eigenvalue weighted by Crippen LogP contribution is 2.31. The van der Waals surface area contributed by atoms with E-state index in [1.54, 1.807) is 24.3 Å². The van der Waals surface area contributed by atoms with E-state index in [4.69, 9.17) is 23.2 Å². The first-order chi connectivity index (χ1) is 13.2. The minimum absolute atomic E-state index is 0.0655. The van der Waals surface area contributed by atoms with Gasteiger partial charge in [0, 0.05) is 12.1 Å². The Morgan fingerprint density at radius 2 is 1.64 bits per heavy atom. The molecule has 0 saturated carbocycles. The second kappa shape index (κ2) is 8.39. The molecule has 0 aliphatic carbocycles. The van der Waals surface area contributed by atoms with Gasteiger partial charge in [0.2, 0.25) is 0 Å². The fourth-order valence-corrected chi connectivity index (χ4v) is 6.21. The molecular weight excluding hydrogens is 419 g/mol. The summed E-state index contributed by atoms with van der Waals surface area (Å²) >= 11 is 12.1. The average Bonchev–Trinajstić information content (AvgIpc) is 2.61. The van der Waals surface area contributed by atoms with E-state index in [-0.39, 0.29) is 50.1 Å². The maximum Gasteiger partial charge on any atom is 0.272 e. The molecule has 2 unspecified atom stereocenters. The van der Waals surface area contributed by atoms with E-state index in [1.165, 1.54) is 12.1 Å². The maximum atomic E-state index is 13.0. The fourth-order valence-electron chi connectivity index (χ4n) is 3.68. The standard InChI is InChI=1S/C20H22Cl2N2O3S/c1-13-6-3-7-14(2)24(13)20(25)18-11-4-8-15(23-18)12-28(26,27)19-16(21)9-5-10-17(19)22/h4-5,8-11,13-14H,3,6-7,12H2,1-2H3. The van der Waals surface area contributed by atoms with Gasteiger partial charge in [-0.1, -0.05) is 35.3 Å². The molecule has 1 aromatic carbocycles. The van der Waals surface area contributed by atoms with Gasteiger partial charge >= 0.3 is 0 Å². The molecule has 0 spiro atoms. The number of aromatic nitrogens is 1. The number of piperidine rings is 1. The molecule has 1 amide bonds. The minimum Gasteiger partial charge on any atom is -0.332 e. The van der Waals surface area contributed by atoms with Gasteiger partial charge in [-0.15, -0.1) is 0 Å². The third kappa shape index (κ3) is 4.34. The molecule has 2 heterocycles. The van der Waals surface area contributed by atoms with Crippen molar-refractivity contribution in [3.63, 3.8) is 0 Å². The van der Waals surface area contributed by atoms with E-state index in [0.29, 0.717) is 0 Å². The summed E-state index contributed by atoms with van der Waals surface area (Å²) in [6.07, 6.45) is 3.00. The van der Waals surface area contributed by atoms with Gasteiger partial charge < -0.3 is 4.90 Å². The molecule has 0 bridgehead atoms. The fraction of sp³-hybridized carbons (Fsp3) is 0.400. The normalized spacial score (nSPS) is 20.2. The van der Waals surface area contributed by atoms with Crippen molar-refractivity contribution in [2.24, 2.45) is 0 Å². The molecule has 28 heavy (non-hydrogen) atoms. The molecule has 1 aromatic heterocycles. The lowest BCUT2D eigenvalue weighted by Crippen LogP contribution is -2.47. The highest BCUT2D eigenvalue weighted by molar-refractivity contribution is 7.90. The molecule has 150 valence electrons. The van der Waals surface area contributed by atoms with Gasteiger partial charge in [-0.2, -0.15) is 0 Å². The predicted octanol–water partition coefficient (Wildman–Crippen LogP) is 4.77. The Hall–Kier alpha value is -1.63. The monoisotopic (exact) mass is 440 g/mol. The van der Waals surface area contributed by atoms with Crippen LogP contribution in [0, 0.1) is 0 Å². The van der Waals surface area contributed by atoms with Gasteiger partial charge in [0.05, 0.1) is 21.5 Å². The zero-order chi connectivity index (χ0) is 20.5. The number of sulfone groups is 1. The van der Waals surface area contributed by atoms with Crippen LogP contribution in [0.2, 0.25) is 10.0 Å². The molecule has 1 saturated heterocycles. The number of hydrogen-bond donors (Lipinski definition) is 0. The topological polar surface area (TPSA) is 67.3 Å². The van der Waals surface area contributed by atoms with Crippen molar-refractivity contribution in [2.75, 3.05) is 0 Å². The molecule has 5 nitrogen and oxygen atoms in total. The number of likely N-dealkylation sites (tertiary alicyclic amines) is 1. The minimum atomic E-state index is -3.81. The number of benzene rings is 1. The molecule has 8 heteroatoms. The molecule has 2 atom stereocenters. The first-order valence-electron chi connectivity index (χ1n) is 9.16. The largest absolute Gasteiger partial charge is 0.332 e. The van der Waals surface area contributed by atoms with Crippen LogP contribution in [0.15, 0.2) is 41.3 Å². The lowest BCUT2D eigenvalue weighted by Gasteiger charge is -2.38. The summed E-state index contributed by atoms with van der Waals surface area (Å²) in [6, 6.07) is 9.66. The van der Waals surface area contributed by atoms with Gasteiger partial charge in [-0.05, 0) is 57.4 Å². The summed E-state index contributed by atoms with van der Waals surface area (Å²) in [5.41, 5.74) is 0.526. The Morgan fingerprint density at radius 3 is 2.25 bits per heavy atom. The van der Waals surface area contributed by atoms with E-state index >= 15 is 0 Å². The summed E-state index contributed by atoms with van der Waals surface area (Å²) in [5, 5.41) is 0.131. The Kier molecular flexibility index (Phi) is 6.32. The van der Waals surface area contributed by atoms with E-state index in [0.717, 1.165) is 19.3 Å². The van der Waals surface area contributed by atoms with Crippen molar-refractivity contribution in [1.82, 2.24) is 9.88 Å². The number of carbonyl (C=O) groups excluding carboxylic acids is 1. The summed E-state index contributed by atoms with van der Waals surface area (Å²) in [5.74, 6) is -0.558. The number of carbonyl (C=O) groups is 1. The third-order valence-electron chi connectivity index (χ3n) is 5.02. The van der Waals surface area contributed by atoms with Gasteiger partial charge in [-0.3, -0.25) is 4.79 Å². The van der Waals surface area contributed by atoms with Crippen molar-refractivity contribution >= 4 is 38.9 Å². The highest BCUT2D eigenvalue weighted by atomic mass is 35.5. The average molecular weight is 441 g/mol. The van der Waals surface area contributed by atoms with Gasteiger partial charge in [0.15, 0.2) is 9.84 Å². The number of halogens is 2. The zero-order valence-electron chi connectivity index (χ0n) is 15.7. The third-order valence-corrected chi connectivity index (χ3v) is 7.61. The number of amides is 1. The van der Waals surface area contributed by atoms with Crippen LogP contribution < -0.4 is 0 Å². The number of rotatable bonds is 4. The lowest BCUT2D eigenvalue weighted by molar-refractivity contribution is 0.0504. The second-order valence-corrected chi connectivity index (χ2v) is 9.91. The van der Waals surface area contributed by atoms with Crippen LogP contribution in [0.5, 0.6) is 0 Å². The molecule has 0 radical (unpaired) electrons. The molecular formula is C20H22Cl2N2O3S. The Morgan fingerprint density at radius 1 is 1.07 bits per heavy atom. The molecule has 3 rings (SSSR count). The van der Waals surface area contributed by atoms with E-state index in [2.05, 4.69) is 4.98 Å². The van der Waals surface area contributed by atoms with E-state index in [9.17, 15) is 13.2 Å². The summed E-state index contributed by atoms with van der Waals surface area (Å²) in [6.45, 7) is 4.06. The zero-order valence-corrected chi connectivity index (χ0v) is 18.1. The summed E-state index contributed by atoms with van der Waals surface area (Å²) < 4.78 is 25.7. The number of nitrogens with zero attached hydrogens (tertiary/aromatic N) is 2. The van der Waals surface area contributed by atoms with Crippen LogP contribution in [-0.2, 0) is 15.6 Å². The maximum absolute atomic E-state index is 13.0. The Balaban J connectivity index is 1.88. The highest BCUT2D eigenvalue weighted by Gasteiger charge is 2.30. The van der Waals surface area contributed by atoms with Crippen molar-refractivity contribution in [2.45, 2.75) is 55.8 Å². The molecule has 1 aliphatic rings. The van der Waals surface area contributed by atoms with Gasteiger partial charge in [-0.25, -0.2) is 13.4 Å². The molecule has 1 aliphatic heterocycles. The summed E-state index contributed by atoms with van der Waals surface area (Å²) in [7, 11) is -3.81. The summed E-state index contributed by atoms with van der Waals surface area (Å²) in [4.78, 5) is 19.0. The van der Waals surface area contributed by atoms with Crippen molar-refractivity contribution in [1.29, 1.82) is 0 Å². The van der Waals surface area contributed by atoms with Gasteiger partial charge in [0.1, 0.15) is 10.6 Å². The predicted molar refractivity (Wildman–Crippen MR) is 111 cm³/mol. The van der Waals surface area contributed by atoms with Crippen molar-refractivity contribution in [3.8, 4) is 0 Å². The number of hydrogen-bond acceptors (Lipinski definition) is 4. The van der Waals surface area contributed by atoms with Crippen LogP contribution in [-0.4, -0.2) is 36.3 Å². The van der Waals surface area contributed by atoms with Crippen LogP contribution in [0.4, 0.5) is 0 Å². The lowest BCUT2D eigenvalue weighted by atomic mass is 9.97. The Labute approximate surface area is 175 Å². The SMILES string of the molecule is CC1CCCC(C)N1C(=O)c1cccc(CS(=O)(=O)c2c(Cl)cccc2Cl)n1. The molecule has 2 aromatic rings. The van der Waals surface area contributed by atoms with E-state index in [1.807, 2.05) is 18.7 Å². The molecule has 1 fully saturated rings. The van der Waals surface area contributed by atoms with Gasteiger partial charge in [0.25, 0.3) is 5.91 Å². The Bertz CT molecular complexity index is 964. The number of pyridine rings is 1. The molecule has 0 N–H and O–H groups in total.